The SMILES string of the molecule is CCc1cc(C#CC2CC2)ccc1-c1cn(CC2CCCCO2)nn1. The zero-order valence-electron chi connectivity index (χ0n) is 14.9. The average Bonchev–Trinajstić information content (AvgIpc) is 3.38. The zero-order chi connectivity index (χ0) is 17.1. The van der Waals surface area contributed by atoms with Crippen molar-refractivity contribution in [1.82, 2.24) is 15.0 Å². The fraction of sp³-hybridized carbons (Fsp3) is 0.524. The lowest BCUT2D eigenvalue weighted by Gasteiger charge is -2.21. The first-order chi connectivity index (χ1) is 12.3. The van der Waals surface area contributed by atoms with Crippen molar-refractivity contribution >= 4 is 0 Å². The van der Waals surface area contributed by atoms with Crippen molar-refractivity contribution in [1.29, 1.82) is 0 Å². The Morgan fingerprint density at radius 2 is 2.16 bits per heavy atom. The molecule has 4 rings (SSSR count). The molecule has 1 aromatic heterocycles. The number of aryl methyl sites for hydroxylation is 1. The molecule has 130 valence electrons. The van der Waals surface area contributed by atoms with Crippen LogP contribution in [0.5, 0.6) is 0 Å². The summed E-state index contributed by atoms with van der Waals surface area (Å²) in [6, 6.07) is 6.45. The standard InChI is InChI=1S/C21H25N3O/c1-2-18-13-17(9-8-16-6-7-16)10-11-20(18)21-15-24(23-22-21)14-19-5-3-4-12-25-19/h10-11,13,15-16,19H,2-7,12,14H2,1H3. The monoisotopic (exact) mass is 335 g/mol. The number of hydrogen-bond acceptors (Lipinski definition) is 3. The lowest BCUT2D eigenvalue weighted by molar-refractivity contribution is 0.00370. The van der Waals surface area contributed by atoms with Gasteiger partial charge in [-0.3, -0.25) is 0 Å². The Hall–Kier alpha value is -2.12. The maximum absolute atomic E-state index is 5.80. The van der Waals surface area contributed by atoms with E-state index in [0.29, 0.717) is 5.92 Å². The van der Waals surface area contributed by atoms with Crippen LogP contribution in [0.15, 0.2) is 24.4 Å². The van der Waals surface area contributed by atoms with E-state index in [1.165, 1.54) is 31.2 Å². The first-order valence-electron chi connectivity index (χ1n) is 9.48. The van der Waals surface area contributed by atoms with Crippen LogP contribution in [0.1, 0.15) is 50.2 Å². The van der Waals surface area contributed by atoms with E-state index in [1.807, 2.05) is 10.9 Å². The van der Waals surface area contributed by atoms with Gasteiger partial charge in [0.1, 0.15) is 5.69 Å². The van der Waals surface area contributed by atoms with Gasteiger partial charge < -0.3 is 4.74 Å². The van der Waals surface area contributed by atoms with Crippen molar-refractivity contribution in [3.63, 3.8) is 0 Å². The van der Waals surface area contributed by atoms with Crippen LogP contribution in [0, 0.1) is 17.8 Å². The summed E-state index contributed by atoms with van der Waals surface area (Å²) in [5.74, 6) is 7.28. The molecule has 0 bridgehead atoms. The van der Waals surface area contributed by atoms with Crippen molar-refractivity contribution in [3.8, 4) is 23.1 Å². The third-order valence-corrected chi connectivity index (χ3v) is 4.96. The van der Waals surface area contributed by atoms with Gasteiger partial charge in [0.2, 0.25) is 0 Å². The molecule has 1 unspecified atom stereocenters. The molecule has 1 aliphatic carbocycles. The topological polar surface area (TPSA) is 39.9 Å². The van der Waals surface area contributed by atoms with Crippen molar-refractivity contribution in [2.24, 2.45) is 5.92 Å². The fourth-order valence-electron chi connectivity index (χ4n) is 3.30. The number of ether oxygens (including phenoxy) is 1. The lowest BCUT2D eigenvalue weighted by Crippen LogP contribution is -2.24. The summed E-state index contributed by atoms with van der Waals surface area (Å²) in [4.78, 5) is 0. The normalized spacial score (nSPS) is 20.1. The number of hydrogen-bond donors (Lipinski definition) is 0. The van der Waals surface area contributed by atoms with Gasteiger partial charge in [0, 0.05) is 23.7 Å². The van der Waals surface area contributed by atoms with Crippen molar-refractivity contribution in [2.45, 2.75) is 58.1 Å². The molecule has 1 saturated heterocycles. The second-order valence-corrected chi connectivity index (χ2v) is 7.08. The van der Waals surface area contributed by atoms with Crippen molar-refractivity contribution in [3.05, 3.63) is 35.5 Å². The van der Waals surface area contributed by atoms with E-state index in [0.717, 1.165) is 42.8 Å². The Morgan fingerprint density at radius 1 is 1.24 bits per heavy atom. The molecule has 0 spiro atoms. The number of aromatic nitrogens is 3. The summed E-state index contributed by atoms with van der Waals surface area (Å²) in [6.07, 6.45) is 9.34. The Morgan fingerprint density at radius 3 is 2.92 bits per heavy atom. The molecule has 2 fully saturated rings. The third kappa shape index (κ3) is 4.11. The molecule has 2 aliphatic rings. The van der Waals surface area contributed by atoms with E-state index in [1.54, 1.807) is 0 Å². The van der Waals surface area contributed by atoms with E-state index in [4.69, 9.17) is 4.74 Å². The molecule has 1 atom stereocenters. The quantitative estimate of drug-likeness (QED) is 0.797. The van der Waals surface area contributed by atoms with Crippen LogP contribution in [0.25, 0.3) is 11.3 Å². The Bertz CT molecular complexity index is 789. The number of rotatable bonds is 4. The van der Waals surface area contributed by atoms with Gasteiger partial charge in [-0.05, 0) is 56.2 Å². The minimum Gasteiger partial charge on any atom is -0.376 e. The smallest absolute Gasteiger partial charge is 0.113 e. The van der Waals surface area contributed by atoms with Crippen LogP contribution < -0.4 is 0 Å². The van der Waals surface area contributed by atoms with E-state index in [2.05, 4.69) is 47.3 Å². The van der Waals surface area contributed by atoms with Gasteiger partial charge in [0.15, 0.2) is 0 Å². The highest BCUT2D eigenvalue weighted by Crippen LogP contribution is 2.28. The Kier molecular flexibility index (Phi) is 4.85. The van der Waals surface area contributed by atoms with Gasteiger partial charge in [-0.2, -0.15) is 0 Å². The van der Waals surface area contributed by atoms with Crippen LogP contribution in [-0.2, 0) is 17.7 Å². The Balaban J connectivity index is 1.51. The van der Waals surface area contributed by atoms with Gasteiger partial charge in [0.25, 0.3) is 0 Å². The maximum Gasteiger partial charge on any atom is 0.113 e. The fourth-order valence-corrected chi connectivity index (χ4v) is 3.30. The van der Waals surface area contributed by atoms with Gasteiger partial charge in [-0.1, -0.05) is 30.0 Å². The molecule has 0 amide bonds. The summed E-state index contributed by atoms with van der Waals surface area (Å²) < 4.78 is 7.73. The highest BCUT2D eigenvalue weighted by atomic mass is 16.5. The highest BCUT2D eigenvalue weighted by Gasteiger charge is 2.18. The summed E-state index contributed by atoms with van der Waals surface area (Å²) >= 11 is 0. The van der Waals surface area contributed by atoms with Crippen LogP contribution in [0.2, 0.25) is 0 Å². The molecule has 2 aromatic rings. The minimum absolute atomic E-state index is 0.272. The van der Waals surface area contributed by atoms with Gasteiger partial charge in [-0.15, -0.1) is 5.10 Å². The van der Waals surface area contributed by atoms with E-state index in [-0.39, 0.29) is 6.10 Å². The highest BCUT2D eigenvalue weighted by molar-refractivity contribution is 5.64. The second kappa shape index (κ2) is 7.41. The van der Waals surface area contributed by atoms with E-state index in [9.17, 15) is 0 Å². The molecule has 1 saturated carbocycles. The molecular weight excluding hydrogens is 310 g/mol. The molecule has 4 nitrogen and oxygen atoms in total. The average molecular weight is 335 g/mol. The van der Waals surface area contributed by atoms with E-state index >= 15 is 0 Å². The minimum atomic E-state index is 0.272. The van der Waals surface area contributed by atoms with Gasteiger partial charge in [-0.25, -0.2) is 4.68 Å². The molecule has 25 heavy (non-hydrogen) atoms. The third-order valence-electron chi connectivity index (χ3n) is 4.96. The van der Waals surface area contributed by atoms with Crippen LogP contribution >= 0.6 is 0 Å². The van der Waals surface area contributed by atoms with E-state index < -0.39 is 0 Å². The largest absolute Gasteiger partial charge is 0.376 e. The first kappa shape index (κ1) is 16.4. The molecule has 2 heterocycles. The van der Waals surface area contributed by atoms with Crippen LogP contribution in [0.3, 0.4) is 0 Å². The second-order valence-electron chi connectivity index (χ2n) is 7.08. The van der Waals surface area contributed by atoms with Gasteiger partial charge >= 0.3 is 0 Å². The molecule has 1 aliphatic heterocycles. The molecule has 4 heteroatoms. The van der Waals surface area contributed by atoms with Crippen molar-refractivity contribution in [2.75, 3.05) is 6.61 Å². The zero-order valence-corrected chi connectivity index (χ0v) is 14.9. The summed E-state index contributed by atoms with van der Waals surface area (Å²) in [5.41, 5.74) is 4.49. The predicted molar refractivity (Wildman–Crippen MR) is 98.0 cm³/mol. The lowest BCUT2D eigenvalue weighted by atomic mass is 10.00. The molecule has 0 N–H and O–H groups in total. The first-order valence-corrected chi connectivity index (χ1v) is 9.48. The van der Waals surface area contributed by atoms with Crippen LogP contribution in [-0.4, -0.2) is 27.7 Å². The predicted octanol–water partition coefficient (Wildman–Crippen LogP) is 3.84. The van der Waals surface area contributed by atoms with Crippen molar-refractivity contribution < 1.29 is 4.74 Å². The summed E-state index contributed by atoms with van der Waals surface area (Å²) in [5, 5.41) is 8.71. The molecule has 0 radical (unpaired) electrons. The number of benzene rings is 1. The molecule has 1 aromatic carbocycles. The Labute approximate surface area is 149 Å². The number of nitrogens with zero attached hydrogens (tertiary/aromatic N) is 3. The maximum atomic E-state index is 5.80. The summed E-state index contributed by atoms with van der Waals surface area (Å²) in [7, 11) is 0. The molecular formula is C21H25N3O. The van der Waals surface area contributed by atoms with Crippen LogP contribution in [0.4, 0.5) is 0 Å². The summed E-state index contributed by atoms with van der Waals surface area (Å²) in [6.45, 7) is 3.84. The van der Waals surface area contributed by atoms with Gasteiger partial charge in [0.05, 0.1) is 18.8 Å².